The highest BCUT2D eigenvalue weighted by molar-refractivity contribution is 6.23. The molecule has 3 fully saturated rings. The molecular weight excluding hydrogens is 412 g/mol. The first kappa shape index (κ1) is 18.8. The Bertz CT molecular complexity index is 1330. The van der Waals surface area contributed by atoms with E-state index in [2.05, 4.69) is 17.5 Å². The molecule has 162 valence electrons. The van der Waals surface area contributed by atoms with Crippen molar-refractivity contribution in [2.45, 2.75) is 6.42 Å². The molecule has 3 amide bonds. The first-order valence-electron chi connectivity index (χ1n) is 11.6. The van der Waals surface area contributed by atoms with Crippen molar-refractivity contribution in [3.05, 3.63) is 84.4 Å². The first-order valence-corrected chi connectivity index (χ1v) is 11.6. The highest BCUT2D eigenvalue weighted by atomic mass is 16.2. The van der Waals surface area contributed by atoms with Crippen molar-refractivity contribution in [3.8, 4) is 0 Å². The molecule has 5 aliphatic rings. The highest BCUT2D eigenvalue weighted by Gasteiger charge is 2.67. The predicted molar refractivity (Wildman–Crippen MR) is 126 cm³/mol. The molecule has 5 heteroatoms. The number of imide groups is 1. The van der Waals surface area contributed by atoms with E-state index in [9.17, 15) is 14.4 Å². The molecule has 0 aromatic heterocycles. The van der Waals surface area contributed by atoms with Gasteiger partial charge in [0, 0.05) is 16.6 Å². The molecule has 0 radical (unpaired) electrons. The fourth-order valence-corrected chi connectivity index (χ4v) is 6.50. The second-order valence-electron chi connectivity index (χ2n) is 9.69. The van der Waals surface area contributed by atoms with E-state index in [0.29, 0.717) is 23.1 Å². The summed E-state index contributed by atoms with van der Waals surface area (Å²) in [7, 11) is 0. The summed E-state index contributed by atoms with van der Waals surface area (Å²) in [6.07, 6.45) is 5.50. The Hall–Kier alpha value is -3.73. The van der Waals surface area contributed by atoms with Crippen molar-refractivity contribution < 1.29 is 14.4 Å². The largest absolute Gasteiger partial charge is 0.321 e. The number of benzene rings is 3. The van der Waals surface area contributed by atoms with Crippen LogP contribution in [0.25, 0.3) is 10.8 Å². The Labute approximate surface area is 191 Å². The monoisotopic (exact) mass is 434 g/mol. The summed E-state index contributed by atoms with van der Waals surface area (Å²) in [6.45, 7) is 0. The molecule has 1 heterocycles. The number of carbonyl (C=O) groups excluding carboxylic acids is 3. The quantitative estimate of drug-likeness (QED) is 0.482. The lowest BCUT2D eigenvalue weighted by atomic mass is 9.63. The molecule has 2 saturated carbocycles. The van der Waals surface area contributed by atoms with Crippen LogP contribution >= 0.6 is 0 Å². The minimum absolute atomic E-state index is 0.0809. The first-order chi connectivity index (χ1) is 16.1. The van der Waals surface area contributed by atoms with Crippen LogP contribution in [0.3, 0.4) is 0 Å². The number of carbonyl (C=O) groups is 3. The standard InChI is InChI=1S/C28H22N2O3/c31-26(29-23-7-3-5-15-4-1-2-6-18(15)23)16-8-10-17(11-9-16)30-27(32)24-19-12-13-20(22-14-21(19)22)25(24)28(30)33/h1-13,19-22,24-25H,14H2,(H,29,31)/t19-,20-,21-,22-,24-,25+/m1/s1. The van der Waals surface area contributed by atoms with Crippen molar-refractivity contribution in [1.82, 2.24) is 0 Å². The zero-order valence-electron chi connectivity index (χ0n) is 17.8. The number of hydrogen-bond acceptors (Lipinski definition) is 3. The van der Waals surface area contributed by atoms with Crippen LogP contribution in [0.15, 0.2) is 78.9 Å². The summed E-state index contributed by atoms with van der Waals surface area (Å²) in [5, 5.41) is 5.01. The van der Waals surface area contributed by atoms with E-state index < -0.39 is 0 Å². The Morgan fingerprint density at radius 1 is 0.788 bits per heavy atom. The molecular formula is C28H22N2O3. The maximum atomic E-state index is 13.3. The van der Waals surface area contributed by atoms with Gasteiger partial charge in [-0.05, 0) is 65.8 Å². The SMILES string of the molecule is O=C(Nc1cccc2ccccc12)c1ccc(N2C(=O)[C@@H]3[C@@H]4C=C[C@H]([C@H]5C[C@H]45)[C@@H]3C2=O)cc1. The van der Waals surface area contributed by atoms with Gasteiger partial charge < -0.3 is 5.32 Å². The third-order valence-electron chi connectivity index (χ3n) is 8.09. The van der Waals surface area contributed by atoms with Crippen LogP contribution in [-0.4, -0.2) is 17.7 Å². The number of nitrogens with zero attached hydrogens (tertiary/aromatic N) is 1. The Morgan fingerprint density at radius 3 is 2.12 bits per heavy atom. The van der Waals surface area contributed by atoms with Crippen LogP contribution in [0.4, 0.5) is 11.4 Å². The van der Waals surface area contributed by atoms with E-state index >= 15 is 0 Å². The number of hydrogen-bond donors (Lipinski definition) is 1. The number of amides is 3. The summed E-state index contributed by atoms with van der Waals surface area (Å²) in [4.78, 5) is 40.8. The van der Waals surface area contributed by atoms with E-state index in [-0.39, 0.29) is 41.4 Å². The second kappa shape index (κ2) is 6.64. The molecule has 2 bridgehead atoms. The molecule has 1 saturated heterocycles. The van der Waals surface area contributed by atoms with E-state index in [1.807, 2.05) is 42.5 Å². The van der Waals surface area contributed by atoms with Crippen LogP contribution in [0.1, 0.15) is 16.8 Å². The molecule has 1 aliphatic heterocycles. The molecule has 3 aromatic rings. The van der Waals surface area contributed by atoms with E-state index in [4.69, 9.17) is 0 Å². The Balaban J connectivity index is 1.14. The number of fused-ring (bicyclic) bond motifs is 1. The van der Waals surface area contributed by atoms with Gasteiger partial charge in [0.25, 0.3) is 5.91 Å². The summed E-state index contributed by atoms with van der Waals surface area (Å²) in [5.74, 6) is 0.750. The summed E-state index contributed by atoms with van der Waals surface area (Å²) in [5.41, 5.74) is 1.78. The van der Waals surface area contributed by atoms with Crippen molar-refractivity contribution in [2.24, 2.45) is 35.5 Å². The maximum absolute atomic E-state index is 13.3. The Morgan fingerprint density at radius 2 is 1.42 bits per heavy atom. The van der Waals surface area contributed by atoms with E-state index in [1.165, 1.54) is 4.90 Å². The molecule has 4 aliphatic carbocycles. The zero-order chi connectivity index (χ0) is 22.3. The molecule has 1 N–H and O–H groups in total. The molecule has 0 spiro atoms. The molecule has 3 aromatic carbocycles. The molecule has 5 nitrogen and oxygen atoms in total. The van der Waals surface area contributed by atoms with Gasteiger partial charge in [-0.3, -0.25) is 19.3 Å². The summed E-state index contributed by atoms with van der Waals surface area (Å²) in [6, 6.07) is 20.5. The minimum Gasteiger partial charge on any atom is -0.321 e. The third-order valence-corrected chi connectivity index (χ3v) is 8.09. The average Bonchev–Trinajstić information content (AvgIpc) is 3.63. The number of rotatable bonds is 3. The molecule has 6 atom stereocenters. The second-order valence-corrected chi connectivity index (χ2v) is 9.69. The van der Waals surface area contributed by atoms with E-state index in [1.54, 1.807) is 24.3 Å². The fourth-order valence-electron chi connectivity index (χ4n) is 6.50. The molecule has 0 unspecified atom stereocenters. The maximum Gasteiger partial charge on any atom is 0.255 e. The van der Waals surface area contributed by atoms with Crippen LogP contribution in [-0.2, 0) is 9.59 Å². The van der Waals surface area contributed by atoms with Crippen molar-refractivity contribution >= 4 is 39.9 Å². The van der Waals surface area contributed by atoms with E-state index in [0.717, 1.165) is 22.9 Å². The van der Waals surface area contributed by atoms with Crippen molar-refractivity contribution in [2.75, 3.05) is 10.2 Å². The number of allylic oxidation sites excluding steroid dienone is 2. The predicted octanol–water partition coefficient (Wildman–Crippen LogP) is 4.65. The Kier molecular flexibility index (Phi) is 3.78. The van der Waals surface area contributed by atoms with Gasteiger partial charge >= 0.3 is 0 Å². The smallest absolute Gasteiger partial charge is 0.255 e. The van der Waals surface area contributed by atoms with Gasteiger partial charge in [-0.15, -0.1) is 0 Å². The molecule has 8 rings (SSSR count). The molecule has 33 heavy (non-hydrogen) atoms. The van der Waals surface area contributed by atoms with Crippen LogP contribution in [0.5, 0.6) is 0 Å². The normalized spacial score (nSPS) is 31.0. The lowest BCUT2D eigenvalue weighted by Crippen LogP contribution is -2.40. The van der Waals surface area contributed by atoms with Gasteiger partial charge in [0.05, 0.1) is 17.5 Å². The van der Waals surface area contributed by atoms with Gasteiger partial charge in [0.1, 0.15) is 0 Å². The third kappa shape index (κ3) is 2.62. The van der Waals surface area contributed by atoms with Gasteiger partial charge in [-0.2, -0.15) is 0 Å². The topological polar surface area (TPSA) is 66.5 Å². The van der Waals surface area contributed by atoms with Crippen LogP contribution < -0.4 is 10.2 Å². The van der Waals surface area contributed by atoms with Gasteiger partial charge in [0.2, 0.25) is 11.8 Å². The number of anilines is 2. The van der Waals surface area contributed by atoms with Gasteiger partial charge in [0.15, 0.2) is 0 Å². The van der Waals surface area contributed by atoms with Crippen molar-refractivity contribution in [3.63, 3.8) is 0 Å². The van der Waals surface area contributed by atoms with Crippen molar-refractivity contribution in [1.29, 1.82) is 0 Å². The summed E-state index contributed by atoms with van der Waals surface area (Å²) < 4.78 is 0. The van der Waals surface area contributed by atoms with Gasteiger partial charge in [-0.1, -0.05) is 48.6 Å². The fraction of sp³-hybridized carbons (Fsp3) is 0.250. The lowest BCUT2D eigenvalue weighted by Gasteiger charge is -2.37. The lowest BCUT2D eigenvalue weighted by molar-refractivity contribution is -0.124. The van der Waals surface area contributed by atoms with Crippen LogP contribution in [0, 0.1) is 35.5 Å². The van der Waals surface area contributed by atoms with Crippen LogP contribution in [0.2, 0.25) is 0 Å². The summed E-state index contributed by atoms with van der Waals surface area (Å²) >= 11 is 0. The highest BCUT2D eigenvalue weighted by Crippen LogP contribution is 2.65. The van der Waals surface area contributed by atoms with Gasteiger partial charge in [-0.25, -0.2) is 0 Å². The minimum atomic E-state index is -0.229. The number of nitrogens with one attached hydrogen (secondary N) is 1. The zero-order valence-corrected chi connectivity index (χ0v) is 17.8. The average molecular weight is 434 g/mol.